The van der Waals surface area contributed by atoms with Gasteiger partial charge in [-0.3, -0.25) is 9.59 Å². The summed E-state index contributed by atoms with van der Waals surface area (Å²) >= 11 is 0. The number of rotatable bonds is 9. The molecular weight excluding hydrogens is 304 g/mol. The van der Waals surface area contributed by atoms with E-state index in [1.807, 2.05) is 48.5 Å². The summed E-state index contributed by atoms with van der Waals surface area (Å²) in [4.78, 5) is 21.3. The largest absolute Gasteiger partial charge is 0.481 e. The zero-order valence-corrected chi connectivity index (χ0v) is 13.6. The summed E-state index contributed by atoms with van der Waals surface area (Å²) in [5.41, 5.74) is 4.10. The zero-order valence-electron chi connectivity index (χ0n) is 13.6. The van der Waals surface area contributed by atoms with Crippen LogP contribution in [-0.2, 0) is 35.3 Å². The van der Waals surface area contributed by atoms with Gasteiger partial charge >= 0.3 is 11.9 Å². The van der Waals surface area contributed by atoms with Crippen molar-refractivity contribution < 1.29 is 19.8 Å². The molecular formula is C20H22O4. The average molecular weight is 326 g/mol. The van der Waals surface area contributed by atoms with E-state index in [0.717, 1.165) is 36.8 Å². The number of aliphatic carboxylic acids is 2. The lowest BCUT2D eigenvalue weighted by Crippen LogP contribution is -2.00. The van der Waals surface area contributed by atoms with Crippen LogP contribution in [0.3, 0.4) is 0 Å². The van der Waals surface area contributed by atoms with Gasteiger partial charge in [-0.15, -0.1) is 0 Å². The van der Waals surface area contributed by atoms with E-state index in [2.05, 4.69) is 0 Å². The van der Waals surface area contributed by atoms with Gasteiger partial charge in [0.05, 0.1) is 12.8 Å². The standard InChI is InChI=1S/C20H22O4/c21-19(22)13-17-9-5-15(6-10-17)3-1-2-4-16-7-11-18(12-8-16)14-20(23)24/h5-12H,1-4,13-14H2,(H,21,22)(H,23,24). The highest BCUT2D eigenvalue weighted by atomic mass is 16.4. The second-order valence-corrected chi connectivity index (χ2v) is 5.98. The third-order valence-corrected chi connectivity index (χ3v) is 3.94. The normalized spacial score (nSPS) is 10.5. The molecule has 0 bridgehead atoms. The van der Waals surface area contributed by atoms with Gasteiger partial charge in [0.25, 0.3) is 0 Å². The first-order valence-electron chi connectivity index (χ1n) is 8.12. The molecule has 4 heteroatoms. The molecule has 2 N–H and O–H groups in total. The van der Waals surface area contributed by atoms with Crippen molar-refractivity contribution in [1.82, 2.24) is 0 Å². The summed E-state index contributed by atoms with van der Waals surface area (Å²) in [7, 11) is 0. The molecule has 2 rings (SSSR count). The van der Waals surface area contributed by atoms with E-state index < -0.39 is 11.9 Å². The Hall–Kier alpha value is -2.62. The van der Waals surface area contributed by atoms with Crippen LogP contribution in [0.2, 0.25) is 0 Å². The Morgan fingerprint density at radius 3 is 1.17 bits per heavy atom. The molecule has 0 aromatic heterocycles. The fourth-order valence-corrected chi connectivity index (χ4v) is 2.66. The molecule has 0 aliphatic carbocycles. The van der Waals surface area contributed by atoms with Crippen LogP contribution in [0.1, 0.15) is 35.1 Å². The van der Waals surface area contributed by atoms with Gasteiger partial charge in [0.15, 0.2) is 0 Å². The first-order chi connectivity index (χ1) is 11.5. The molecule has 0 amide bonds. The molecule has 0 saturated carbocycles. The molecule has 0 aliphatic rings. The van der Waals surface area contributed by atoms with Crippen LogP contribution in [0.25, 0.3) is 0 Å². The van der Waals surface area contributed by atoms with E-state index in [4.69, 9.17) is 10.2 Å². The summed E-state index contributed by atoms with van der Waals surface area (Å²) in [6.07, 6.45) is 4.22. The van der Waals surface area contributed by atoms with Gasteiger partial charge in [0.2, 0.25) is 0 Å². The van der Waals surface area contributed by atoms with Crippen molar-refractivity contribution in [3.63, 3.8) is 0 Å². The van der Waals surface area contributed by atoms with Gasteiger partial charge in [-0.05, 0) is 47.9 Å². The minimum atomic E-state index is -0.808. The van der Waals surface area contributed by atoms with E-state index in [1.165, 1.54) is 11.1 Å². The SMILES string of the molecule is O=C(O)Cc1ccc(CCCCc2ccc(CC(=O)O)cc2)cc1. The number of carboxylic acid groups (broad SMARTS) is 2. The van der Waals surface area contributed by atoms with E-state index in [0.29, 0.717) is 0 Å². The summed E-state index contributed by atoms with van der Waals surface area (Å²) in [5, 5.41) is 17.5. The first kappa shape index (κ1) is 17.7. The Morgan fingerprint density at radius 1 is 0.583 bits per heavy atom. The van der Waals surface area contributed by atoms with E-state index in [1.54, 1.807) is 0 Å². The van der Waals surface area contributed by atoms with Crippen molar-refractivity contribution in [3.05, 3.63) is 70.8 Å². The molecule has 126 valence electrons. The lowest BCUT2D eigenvalue weighted by atomic mass is 10.0. The molecule has 0 fully saturated rings. The molecule has 0 radical (unpaired) electrons. The lowest BCUT2D eigenvalue weighted by molar-refractivity contribution is -0.137. The predicted molar refractivity (Wildman–Crippen MR) is 92.2 cm³/mol. The van der Waals surface area contributed by atoms with Gasteiger partial charge < -0.3 is 10.2 Å². The number of carboxylic acids is 2. The predicted octanol–water partition coefficient (Wildman–Crippen LogP) is 3.51. The van der Waals surface area contributed by atoms with Crippen LogP contribution in [0.5, 0.6) is 0 Å². The molecule has 0 aliphatic heterocycles. The highest BCUT2D eigenvalue weighted by Gasteiger charge is 2.02. The highest BCUT2D eigenvalue weighted by molar-refractivity contribution is 5.70. The Kier molecular flexibility index (Phi) is 6.55. The third-order valence-electron chi connectivity index (χ3n) is 3.94. The van der Waals surface area contributed by atoms with Crippen molar-refractivity contribution in [2.24, 2.45) is 0 Å². The van der Waals surface area contributed by atoms with Gasteiger partial charge in [-0.1, -0.05) is 48.5 Å². The second-order valence-electron chi connectivity index (χ2n) is 5.98. The highest BCUT2D eigenvalue weighted by Crippen LogP contribution is 2.12. The average Bonchev–Trinajstić information content (AvgIpc) is 2.53. The van der Waals surface area contributed by atoms with Gasteiger partial charge in [0.1, 0.15) is 0 Å². The molecule has 0 atom stereocenters. The van der Waals surface area contributed by atoms with Crippen LogP contribution in [0.15, 0.2) is 48.5 Å². The maximum atomic E-state index is 10.6. The van der Waals surface area contributed by atoms with Crippen LogP contribution < -0.4 is 0 Å². The fraction of sp³-hybridized carbons (Fsp3) is 0.300. The van der Waals surface area contributed by atoms with Crippen molar-refractivity contribution in [1.29, 1.82) is 0 Å². The van der Waals surface area contributed by atoms with Crippen molar-refractivity contribution >= 4 is 11.9 Å². The number of carbonyl (C=O) groups is 2. The summed E-state index contributed by atoms with van der Waals surface area (Å²) in [5.74, 6) is -1.62. The van der Waals surface area contributed by atoms with Crippen molar-refractivity contribution in [3.8, 4) is 0 Å². The first-order valence-corrected chi connectivity index (χ1v) is 8.12. The maximum Gasteiger partial charge on any atom is 0.307 e. The van der Waals surface area contributed by atoms with E-state index >= 15 is 0 Å². The maximum absolute atomic E-state index is 10.6. The minimum absolute atomic E-state index is 0.0676. The monoisotopic (exact) mass is 326 g/mol. The molecule has 0 heterocycles. The van der Waals surface area contributed by atoms with Crippen LogP contribution in [-0.4, -0.2) is 22.2 Å². The molecule has 2 aromatic carbocycles. The zero-order chi connectivity index (χ0) is 17.4. The quantitative estimate of drug-likeness (QED) is 0.692. The summed E-state index contributed by atoms with van der Waals surface area (Å²) < 4.78 is 0. The van der Waals surface area contributed by atoms with Gasteiger partial charge in [-0.2, -0.15) is 0 Å². The van der Waals surface area contributed by atoms with Gasteiger partial charge in [-0.25, -0.2) is 0 Å². The Morgan fingerprint density at radius 2 is 0.875 bits per heavy atom. The number of aryl methyl sites for hydroxylation is 2. The topological polar surface area (TPSA) is 74.6 Å². The van der Waals surface area contributed by atoms with Gasteiger partial charge in [0, 0.05) is 0 Å². The second kappa shape index (κ2) is 8.87. The van der Waals surface area contributed by atoms with Crippen LogP contribution in [0.4, 0.5) is 0 Å². The molecule has 4 nitrogen and oxygen atoms in total. The summed E-state index contributed by atoms with van der Waals surface area (Å²) in [6, 6.07) is 15.5. The number of unbranched alkanes of at least 4 members (excludes halogenated alkanes) is 1. The van der Waals surface area contributed by atoms with Crippen molar-refractivity contribution in [2.75, 3.05) is 0 Å². The van der Waals surface area contributed by atoms with E-state index in [-0.39, 0.29) is 12.8 Å². The Bertz CT molecular complexity index is 610. The summed E-state index contributed by atoms with van der Waals surface area (Å²) in [6.45, 7) is 0. The Labute approximate surface area is 141 Å². The van der Waals surface area contributed by atoms with Crippen molar-refractivity contribution in [2.45, 2.75) is 38.5 Å². The smallest absolute Gasteiger partial charge is 0.307 e. The molecule has 0 spiro atoms. The Balaban J connectivity index is 1.72. The molecule has 24 heavy (non-hydrogen) atoms. The fourth-order valence-electron chi connectivity index (χ4n) is 2.66. The minimum Gasteiger partial charge on any atom is -0.481 e. The number of benzene rings is 2. The van der Waals surface area contributed by atoms with E-state index in [9.17, 15) is 9.59 Å². The number of hydrogen-bond donors (Lipinski definition) is 2. The third kappa shape index (κ3) is 6.24. The number of hydrogen-bond acceptors (Lipinski definition) is 2. The molecule has 0 unspecified atom stereocenters. The van der Waals surface area contributed by atoms with Crippen LogP contribution >= 0.6 is 0 Å². The molecule has 2 aromatic rings. The lowest BCUT2D eigenvalue weighted by Gasteiger charge is -2.05. The molecule has 0 saturated heterocycles. The van der Waals surface area contributed by atoms with Crippen LogP contribution in [0, 0.1) is 0 Å².